The van der Waals surface area contributed by atoms with Gasteiger partial charge < -0.3 is 15.7 Å². The van der Waals surface area contributed by atoms with Crippen molar-refractivity contribution in [3.8, 4) is 0 Å². The van der Waals surface area contributed by atoms with Crippen molar-refractivity contribution >= 4 is 11.6 Å². The summed E-state index contributed by atoms with van der Waals surface area (Å²) in [5.74, 6) is 0.531. The number of hydrogen-bond acceptors (Lipinski definition) is 3. The van der Waals surface area contributed by atoms with Gasteiger partial charge in [0.05, 0.1) is 5.92 Å². The Morgan fingerprint density at radius 1 is 1.39 bits per heavy atom. The molecule has 0 bridgehead atoms. The third kappa shape index (κ3) is 3.09. The quantitative estimate of drug-likeness (QED) is 0.745. The first-order valence-electron chi connectivity index (χ1n) is 6.42. The Hall–Kier alpha value is -1.39. The maximum absolute atomic E-state index is 12.0. The predicted octanol–water partition coefficient (Wildman–Crippen LogP) is 1.02. The molecule has 1 amide bonds. The van der Waals surface area contributed by atoms with E-state index in [-0.39, 0.29) is 18.4 Å². The van der Waals surface area contributed by atoms with Crippen molar-refractivity contribution in [2.45, 2.75) is 13.3 Å². The lowest BCUT2D eigenvalue weighted by molar-refractivity contribution is -0.120. The second-order valence-corrected chi connectivity index (χ2v) is 4.90. The standard InChI is InChI=1S/C14H20N2O2/c1-10-8-15-9-13(10)14(18)16-12-4-2-11(3-5-12)6-7-17/h2-5,10,13,15,17H,6-9H2,1H3,(H,16,18). The summed E-state index contributed by atoms with van der Waals surface area (Å²) >= 11 is 0. The number of amides is 1. The van der Waals surface area contributed by atoms with E-state index in [1.165, 1.54) is 0 Å². The fourth-order valence-corrected chi connectivity index (χ4v) is 2.28. The molecule has 4 heteroatoms. The highest BCUT2D eigenvalue weighted by molar-refractivity contribution is 5.93. The molecular weight excluding hydrogens is 228 g/mol. The Balaban J connectivity index is 1.94. The Morgan fingerprint density at radius 2 is 2.11 bits per heavy atom. The van der Waals surface area contributed by atoms with Crippen molar-refractivity contribution in [2.24, 2.45) is 11.8 Å². The average molecular weight is 248 g/mol. The van der Waals surface area contributed by atoms with Gasteiger partial charge in [0.15, 0.2) is 0 Å². The molecule has 2 rings (SSSR count). The summed E-state index contributed by atoms with van der Waals surface area (Å²) in [6.45, 7) is 3.91. The molecule has 1 aromatic rings. The van der Waals surface area contributed by atoms with Gasteiger partial charge in [0.1, 0.15) is 0 Å². The predicted molar refractivity (Wildman–Crippen MR) is 71.4 cm³/mol. The Bertz CT molecular complexity index is 403. The molecule has 0 spiro atoms. The first-order valence-corrected chi connectivity index (χ1v) is 6.42. The molecule has 2 atom stereocenters. The van der Waals surface area contributed by atoms with E-state index in [1.54, 1.807) is 0 Å². The fraction of sp³-hybridized carbons (Fsp3) is 0.500. The Morgan fingerprint density at radius 3 is 2.67 bits per heavy atom. The third-order valence-electron chi connectivity index (χ3n) is 3.48. The van der Waals surface area contributed by atoms with Gasteiger partial charge in [-0.25, -0.2) is 0 Å². The summed E-state index contributed by atoms with van der Waals surface area (Å²) in [6, 6.07) is 7.64. The number of anilines is 1. The monoisotopic (exact) mass is 248 g/mol. The summed E-state index contributed by atoms with van der Waals surface area (Å²) in [6.07, 6.45) is 0.651. The van der Waals surface area contributed by atoms with Crippen LogP contribution in [0.15, 0.2) is 24.3 Å². The van der Waals surface area contributed by atoms with Crippen molar-refractivity contribution in [1.29, 1.82) is 0 Å². The van der Waals surface area contributed by atoms with E-state index < -0.39 is 0 Å². The highest BCUT2D eigenvalue weighted by Crippen LogP contribution is 2.18. The Kier molecular flexibility index (Phi) is 4.33. The van der Waals surface area contributed by atoms with Crippen molar-refractivity contribution in [3.05, 3.63) is 29.8 Å². The van der Waals surface area contributed by atoms with Gasteiger partial charge in [0.25, 0.3) is 0 Å². The van der Waals surface area contributed by atoms with Crippen LogP contribution in [-0.2, 0) is 11.2 Å². The molecule has 2 unspecified atom stereocenters. The fourth-order valence-electron chi connectivity index (χ4n) is 2.28. The van der Waals surface area contributed by atoms with Crippen LogP contribution < -0.4 is 10.6 Å². The molecule has 1 saturated heterocycles. The smallest absolute Gasteiger partial charge is 0.229 e. The highest BCUT2D eigenvalue weighted by Gasteiger charge is 2.29. The summed E-state index contributed by atoms with van der Waals surface area (Å²) < 4.78 is 0. The number of benzene rings is 1. The minimum absolute atomic E-state index is 0.0575. The normalized spacial score (nSPS) is 23.0. The number of carbonyl (C=O) groups excluding carboxylic acids is 1. The van der Waals surface area contributed by atoms with Gasteiger partial charge in [-0.3, -0.25) is 4.79 Å². The van der Waals surface area contributed by atoms with Crippen molar-refractivity contribution < 1.29 is 9.90 Å². The largest absolute Gasteiger partial charge is 0.396 e. The van der Waals surface area contributed by atoms with Gasteiger partial charge in [-0.1, -0.05) is 19.1 Å². The van der Waals surface area contributed by atoms with Gasteiger partial charge in [0, 0.05) is 18.8 Å². The minimum atomic E-state index is 0.0575. The maximum atomic E-state index is 12.0. The van der Waals surface area contributed by atoms with Crippen LogP contribution in [0.2, 0.25) is 0 Å². The molecule has 1 aliphatic heterocycles. The van der Waals surface area contributed by atoms with Gasteiger partial charge in [-0.05, 0) is 36.6 Å². The molecule has 1 heterocycles. The molecule has 98 valence electrons. The summed E-state index contributed by atoms with van der Waals surface area (Å²) in [5.41, 5.74) is 1.90. The number of aliphatic hydroxyl groups is 1. The van der Waals surface area contributed by atoms with Gasteiger partial charge in [0.2, 0.25) is 5.91 Å². The van der Waals surface area contributed by atoms with E-state index in [0.717, 1.165) is 24.3 Å². The molecule has 1 fully saturated rings. The number of aliphatic hydroxyl groups excluding tert-OH is 1. The Labute approximate surface area is 107 Å². The molecule has 0 saturated carbocycles. The number of hydrogen-bond donors (Lipinski definition) is 3. The molecular formula is C14H20N2O2. The zero-order valence-corrected chi connectivity index (χ0v) is 10.6. The molecule has 0 aromatic heterocycles. The zero-order chi connectivity index (χ0) is 13.0. The third-order valence-corrected chi connectivity index (χ3v) is 3.48. The molecule has 0 aliphatic carbocycles. The minimum Gasteiger partial charge on any atom is -0.396 e. The highest BCUT2D eigenvalue weighted by atomic mass is 16.2. The van der Waals surface area contributed by atoms with Crippen LogP contribution in [0, 0.1) is 11.8 Å². The van der Waals surface area contributed by atoms with Crippen molar-refractivity contribution in [3.63, 3.8) is 0 Å². The summed E-state index contributed by atoms with van der Waals surface area (Å²) in [5, 5.41) is 15.0. The van der Waals surface area contributed by atoms with E-state index in [9.17, 15) is 4.79 Å². The van der Waals surface area contributed by atoms with Crippen LogP contribution in [-0.4, -0.2) is 30.7 Å². The van der Waals surface area contributed by atoms with E-state index in [1.807, 2.05) is 24.3 Å². The second-order valence-electron chi connectivity index (χ2n) is 4.90. The van der Waals surface area contributed by atoms with Crippen molar-refractivity contribution in [2.75, 3.05) is 25.0 Å². The molecule has 1 aromatic carbocycles. The maximum Gasteiger partial charge on any atom is 0.229 e. The van der Waals surface area contributed by atoms with Crippen LogP contribution in [0.4, 0.5) is 5.69 Å². The molecule has 0 radical (unpaired) electrons. The summed E-state index contributed by atoms with van der Waals surface area (Å²) in [4.78, 5) is 12.0. The van der Waals surface area contributed by atoms with Crippen LogP contribution >= 0.6 is 0 Å². The van der Waals surface area contributed by atoms with Crippen LogP contribution in [0.25, 0.3) is 0 Å². The topological polar surface area (TPSA) is 61.4 Å². The SMILES string of the molecule is CC1CNCC1C(=O)Nc1ccc(CCO)cc1. The lowest BCUT2D eigenvalue weighted by Crippen LogP contribution is -2.27. The molecule has 4 nitrogen and oxygen atoms in total. The van der Waals surface area contributed by atoms with Crippen LogP contribution in [0.5, 0.6) is 0 Å². The first-order chi connectivity index (χ1) is 8.70. The van der Waals surface area contributed by atoms with Gasteiger partial charge >= 0.3 is 0 Å². The number of carbonyl (C=O) groups is 1. The lowest BCUT2D eigenvalue weighted by Gasteiger charge is -2.14. The molecule has 1 aliphatic rings. The van der Waals surface area contributed by atoms with E-state index in [0.29, 0.717) is 12.3 Å². The van der Waals surface area contributed by atoms with Crippen LogP contribution in [0.3, 0.4) is 0 Å². The van der Waals surface area contributed by atoms with Crippen LogP contribution in [0.1, 0.15) is 12.5 Å². The van der Waals surface area contributed by atoms with Gasteiger partial charge in [-0.2, -0.15) is 0 Å². The molecule has 18 heavy (non-hydrogen) atoms. The first kappa shape index (κ1) is 13.1. The van der Waals surface area contributed by atoms with E-state index in [2.05, 4.69) is 17.6 Å². The molecule has 3 N–H and O–H groups in total. The summed E-state index contributed by atoms with van der Waals surface area (Å²) in [7, 11) is 0. The number of nitrogens with one attached hydrogen (secondary N) is 2. The zero-order valence-electron chi connectivity index (χ0n) is 10.6. The average Bonchev–Trinajstić information content (AvgIpc) is 2.78. The van der Waals surface area contributed by atoms with E-state index >= 15 is 0 Å². The number of rotatable bonds is 4. The van der Waals surface area contributed by atoms with Gasteiger partial charge in [-0.15, -0.1) is 0 Å². The van der Waals surface area contributed by atoms with Crippen molar-refractivity contribution in [1.82, 2.24) is 5.32 Å². The van der Waals surface area contributed by atoms with E-state index in [4.69, 9.17) is 5.11 Å². The lowest BCUT2D eigenvalue weighted by atomic mass is 9.97. The second kappa shape index (κ2) is 5.98.